The molecule has 2 N–H and O–H groups in total. The van der Waals surface area contributed by atoms with Crippen molar-refractivity contribution in [3.63, 3.8) is 0 Å². The molecule has 0 aliphatic carbocycles. The predicted molar refractivity (Wildman–Crippen MR) is 74.5 cm³/mol. The number of carbonyl (C=O) groups excluding carboxylic acids is 1. The van der Waals surface area contributed by atoms with Crippen LogP contribution in [0.2, 0.25) is 5.02 Å². The minimum absolute atomic E-state index is 0.0110. The molecule has 3 rings (SSSR count). The van der Waals surface area contributed by atoms with Crippen LogP contribution in [0.1, 0.15) is 12.8 Å². The van der Waals surface area contributed by atoms with Gasteiger partial charge >= 0.3 is 0 Å². The molecule has 110 valence electrons. The van der Waals surface area contributed by atoms with Crippen LogP contribution in [-0.2, 0) is 16.1 Å². The Morgan fingerprint density at radius 3 is 3.05 bits per heavy atom. The van der Waals surface area contributed by atoms with Crippen molar-refractivity contribution >= 4 is 17.5 Å². The first-order valence-corrected chi connectivity index (χ1v) is 7.34. The first kappa shape index (κ1) is 13.9. The van der Waals surface area contributed by atoms with Crippen LogP contribution in [0, 0.1) is 5.41 Å². The quantitative estimate of drug-likeness (QED) is 0.845. The lowest BCUT2D eigenvalue weighted by atomic mass is 9.76. The van der Waals surface area contributed by atoms with Crippen LogP contribution in [0.3, 0.4) is 0 Å². The van der Waals surface area contributed by atoms with Gasteiger partial charge in [-0.05, 0) is 12.8 Å². The van der Waals surface area contributed by atoms with E-state index in [1.54, 1.807) is 17.1 Å². The third kappa shape index (κ3) is 2.68. The molecule has 0 bridgehead atoms. The van der Waals surface area contributed by atoms with E-state index < -0.39 is 0 Å². The van der Waals surface area contributed by atoms with Gasteiger partial charge in [-0.1, -0.05) is 11.6 Å². The maximum Gasteiger partial charge on any atom is 0.237 e. The molecule has 2 saturated heterocycles. The number of nitrogens with one attached hydrogen (secondary N) is 2. The lowest BCUT2D eigenvalue weighted by Gasteiger charge is -2.36. The molecular formula is C13H19ClN4O2. The van der Waals surface area contributed by atoms with Gasteiger partial charge in [0.2, 0.25) is 5.91 Å². The van der Waals surface area contributed by atoms with Crippen molar-refractivity contribution in [1.82, 2.24) is 20.4 Å². The molecule has 7 heteroatoms. The van der Waals surface area contributed by atoms with E-state index in [1.165, 1.54) is 0 Å². The van der Waals surface area contributed by atoms with Gasteiger partial charge in [-0.3, -0.25) is 9.48 Å². The monoisotopic (exact) mass is 298 g/mol. The number of ether oxygens (including phenoxy) is 1. The Kier molecular flexibility index (Phi) is 3.96. The number of halogens is 1. The summed E-state index contributed by atoms with van der Waals surface area (Å²) in [5.74, 6) is 0.102. The van der Waals surface area contributed by atoms with Crippen LogP contribution in [-0.4, -0.2) is 48.0 Å². The third-order valence-corrected chi connectivity index (χ3v) is 4.46. The number of hydrogen-bond donors (Lipinski definition) is 2. The number of hydrogen-bond acceptors (Lipinski definition) is 4. The predicted octanol–water partition coefficient (Wildman–Crippen LogP) is 0.421. The molecule has 1 aromatic heterocycles. The molecule has 20 heavy (non-hydrogen) atoms. The van der Waals surface area contributed by atoms with Gasteiger partial charge < -0.3 is 15.4 Å². The normalized spacial score (nSPS) is 25.1. The lowest BCUT2D eigenvalue weighted by molar-refractivity contribution is -0.122. The summed E-state index contributed by atoms with van der Waals surface area (Å²) in [5, 5.41) is 11.1. The highest BCUT2D eigenvalue weighted by atomic mass is 35.5. The molecule has 1 amide bonds. The van der Waals surface area contributed by atoms with Crippen LogP contribution in [0.15, 0.2) is 12.4 Å². The Labute approximate surface area is 122 Å². The third-order valence-electron chi connectivity index (χ3n) is 4.27. The average Bonchev–Trinajstić information content (AvgIpc) is 2.99. The Hall–Kier alpha value is -1.11. The summed E-state index contributed by atoms with van der Waals surface area (Å²) < 4.78 is 7.20. The van der Waals surface area contributed by atoms with Gasteiger partial charge in [-0.15, -0.1) is 0 Å². The Bertz CT molecular complexity index is 484. The first-order chi connectivity index (χ1) is 9.70. The van der Waals surface area contributed by atoms with E-state index in [0.29, 0.717) is 18.1 Å². The van der Waals surface area contributed by atoms with Crippen molar-refractivity contribution in [2.45, 2.75) is 25.4 Å². The van der Waals surface area contributed by atoms with Crippen LogP contribution in [0.5, 0.6) is 0 Å². The minimum Gasteiger partial charge on any atom is -0.381 e. The summed E-state index contributed by atoms with van der Waals surface area (Å²) in [4.78, 5) is 12.0. The summed E-state index contributed by atoms with van der Waals surface area (Å²) >= 11 is 5.82. The Morgan fingerprint density at radius 2 is 2.35 bits per heavy atom. The van der Waals surface area contributed by atoms with Gasteiger partial charge in [0.1, 0.15) is 0 Å². The molecule has 3 heterocycles. The van der Waals surface area contributed by atoms with Crippen molar-refractivity contribution < 1.29 is 9.53 Å². The van der Waals surface area contributed by atoms with E-state index in [0.717, 1.165) is 32.6 Å². The molecule has 1 aromatic rings. The topological polar surface area (TPSA) is 68.2 Å². The molecule has 2 fully saturated rings. The maximum atomic E-state index is 12.0. The molecule has 0 saturated carbocycles. The molecule has 2 aliphatic rings. The second-order valence-corrected chi connectivity index (χ2v) is 5.94. The van der Waals surface area contributed by atoms with E-state index in [4.69, 9.17) is 16.3 Å². The van der Waals surface area contributed by atoms with Gasteiger partial charge in [0.05, 0.1) is 23.8 Å². The van der Waals surface area contributed by atoms with E-state index in [9.17, 15) is 4.79 Å². The number of aromatic nitrogens is 2. The molecule has 1 spiro atoms. The summed E-state index contributed by atoms with van der Waals surface area (Å²) in [6.45, 7) is 3.62. The van der Waals surface area contributed by atoms with Gasteiger partial charge in [0.15, 0.2) is 0 Å². The Morgan fingerprint density at radius 1 is 1.55 bits per heavy atom. The van der Waals surface area contributed by atoms with Gasteiger partial charge in [0, 0.05) is 37.9 Å². The molecule has 0 aromatic carbocycles. The first-order valence-electron chi connectivity index (χ1n) is 6.96. The number of rotatable bonds is 4. The van der Waals surface area contributed by atoms with Crippen LogP contribution < -0.4 is 10.6 Å². The second-order valence-electron chi connectivity index (χ2n) is 5.50. The summed E-state index contributed by atoms with van der Waals surface area (Å²) in [6.07, 6.45) is 5.25. The second kappa shape index (κ2) is 5.71. The van der Waals surface area contributed by atoms with Crippen LogP contribution in [0.25, 0.3) is 0 Å². The summed E-state index contributed by atoms with van der Waals surface area (Å²) in [7, 11) is 0. The standard InChI is InChI=1S/C13H19ClN4O2/c14-10-7-17-18(8-10)4-3-15-11-12(19)16-9-13(11)1-5-20-6-2-13/h7-8,11,15H,1-6,9H2,(H,16,19). The zero-order valence-electron chi connectivity index (χ0n) is 11.3. The zero-order chi connectivity index (χ0) is 14.0. The largest absolute Gasteiger partial charge is 0.381 e. The average molecular weight is 299 g/mol. The minimum atomic E-state index is -0.127. The highest BCUT2D eigenvalue weighted by molar-refractivity contribution is 6.30. The lowest BCUT2D eigenvalue weighted by Crippen LogP contribution is -2.50. The highest BCUT2D eigenvalue weighted by Crippen LogP contribution is 2.36. The molecule has 1 unspecified atom stereocenters. The maximum absolute atomic E-state index is 12.0. The Balaban J connectivity index is 1.58. The van der Waals surface area contributed by atoms with E-state index in [2.05, 4.69) is 15.7 Å². The van der Waals surface area contributed by atoms with Crippen molar-refractivity contribution in [3.05, 3.63) is 17.4 Å². The number of amides is 1. The van der Waals surface area contributed by atoms with Crippen molar-refractivity contribution in [1.29, 1.82) is 0 Å². The molecule has 1 atom stereocenters. The van der Waals surface area contributed by atoms with Crippen molar-refractivity contribution in [3.8, 4) is 0 Å². The van der Waals surface area contributed by atoms with Gasteiger partial charge in [-0.25, -0.2) is 0 Å². The van der Waals surface area contributed by atoms with E-state index in [-0.39, 0.29) is 17.4 Å². The highest BCUT2D eigenvalue weighted by Gasteiger charge is 2.48. The SMILES string of the molecule is O=C1NCC2(CCOCC2)C1NCCn1cc(Cl)cn1. The van der Waals surface area contributed by atoms with E-state index >= 15 is 0 Å². The molecule has 2 aliphatic heterocycles. The fourth-order valence-electron chi connectivity index (χ4n) is 3.08. The summed E-state index contributed by atoms with van der Waals surface area (Å²) in [6, 6.07) is -0.127. The number of nitrogens with zero attached hydrogens (tertiary/aromatic N) is 2. The summed E-state index contributed by atoms with van der Waals surface area (Å²) in [5.41, 5.74) is 0.0110. The van der Waals surface area contributed by atoms with Crippen molar-refractivity contribution in [2.24, 2.45) is 5.41 Å². The number of carbonyl (C=O) groups is 1. The zero-order valence-corrected chi connectivity index (χ0v) is 12.0. The fourth-order valence-corrected chi connectivity index (χ4v) is 3.24. The van der Waals surface area contributed by atoms with Crippen molar-refractivity contribution in [2.75, 3.05) is 26.3 Å². The van der Waals surface area contributed by atoms with Gasteiger partial charge in [0.25, 0.3) is 0 Å². The van der Waals surface area contributed by atoms with Crippen LogP contribution in [0.4, 0.5) is 0 Å². The molecular weight excluding hydrogens is 280 g/mol. The van der Waals surface area contributed by atoms with E-state index in [1.807, 2.05) is 0 Å². The smallest absolute Gasteiger partial charge is 0.237 e. The van der Waals surface area contributed by atoms with Gasteiger partial charge in [-0.2, -0.15) is 5.10 Å². The molecule has 0 radical (unpaired) electrons. The fraction of sp³-hybridized carbons (Fsp3) is 0.692. The van der Waals surface area contributed by atoms with Crippen LogP contribution >= 0.6 is 11.6 Å². The molecule has 6 nitrogen and oxygen atoms in total.